The van der Waals surface area contributed by atoms with Crippen molar-refractivity contribution < 1.29 is 9.84 Å². The quantitative estimate of drug-likeness (QED) is 0.729. The number of nitrogens with zero attached hydrogens (tertiary/aromatic N) is 1. The topological polar surface area (TPSA) is 53.2 Å². The van der Waals surface area contributed by atoms with E-state index in [-0.39, 0.29) is 6.61 Å². The van der Waals surface area contributed by atoms with Crippen molar-refractivity contribution in [3.05, 3.63) is 11.8 Å². The van der Waals surface area contributed by atoms with Gasteiger partial charge in [-0.15, -0.1) is 0 Å². The van der Waals surface area contributed by atoms with Crippen molar-refractivity contribution in [2.75, 3.05) is 13.7 Å². The normalized spacial score (nSPS) is 27.7. The van der Waals surface area contributed by atoms with Crippen LogP contribution in [0, 0.1) is 23.2 Å². The van der Waals surface area contributed by atoms with Crippen molar-refractivity contribution in [1.29, 1.82) is 5.26 Å². The standard InChI is InChI=1S/C13H21NO2/c1-16-10-13-11(6-3-8-14)4-2-5-12(13)7-9-15/h10-12,15H,2-7,9H2,1H3/b13-10+/t11-,12+/m1/s1. The molecule has 0 aliphatic heterocycles. The Morgan fingerprint density at radius 3 is 2.69 bits per heavy atom. The zero-order valence-corrected chi connectivity index (χ0v) is 9.98. The fraction of sp³-hybridized carbons (Fsp3) is 0.769. The van der Waals surface area contributed by atoms with Gasteiger partial charge in [-0.1, -0.05) is 6.42 Å². The van der Waals surface area contributed by atoms with Crippen molar-refractivity contribution in [3.8, 4) is 6.07 Å². The van der Waals surface area contributed by atoms with E-state index in [9.17, 15) is 0 Å². The predicted octanol–water partition coefficient (Wildman–Crippen LogP) is 2.62. The number of allylic oxidation sites excluding steroid dienone is 1. The molecule has 3 nitrogen and oxygen atoms in total. The summed E-state index contributed by atoms with van der Waals surface area (Å²) in [5, 5.41) is 17.7. The molecule has 0 spiro atoms. The first-order chi connectivity index (χ1) is 7.83. The Hall–Kier alpha value is -1.01. The van der Waals surface area contributed by atoms with Crippen LogP contribution in [0.15, 0.2) is 11.8 Å². The largest absolute Gasteiger partial charge is 0.504 e. The number of rotatable bonds is 5. The first-order valence-corrected chi connectivity index (χ1v) is 6.04. The van der Waals surface area contributed by atoms with Crippen molar-refractivity contribution in [2.45, 2.75) is 38.5 Å². The number of hydrogen-bond acceptors (Lipinski definition) is 3. The van der Waals surface area contributed by atoms with E-state index in [1.54, 1.807) is 7.11 Å². The van der Waals surface area contributed by atoms with Crippen molar-refractivity contribution in [1.82, 2.24) is 0 Å². The van der Waals surface area contributed by atoms with E-state index in [2.05, 4.69) is 6.07 Å². The first-order valence-electron chi connectivity index (χ1n) is 6.04. The van der Waals surface area contributed by atoms with Gasteiger partial charge in [0.1, 0.15) is 0 Å². The second-order valence-corrected chi connectivity index (χ2v) is 4.39. The zero-order valence-electron chi connectivity index (χ0n) is 9.98. The Kier molecular flexibility index (Phi) is 5.95. The summed E-state index contributed by atoms with van der Waals surface area (Å²) in [4.78, 5) is 0. The molecule has 1 aliphatic rings. The van der Waals surface area contributed by atoms with Crippen LogP contribution >= 0.6 is 0 Å². The average molecular weight is 223 g/mol. The van der Waals surface area contributed by atoms with E-state index in [0.717, 1.165) is 25.7 Å². The summed E-state index contributed by atoms with van der Waals surface area (Å²) in [5.74, 6) is 0.923. The molecule has 1 fully saturated rings. The maximum absolute atomic E-state index is 9.05. The summed E-state index contributed by atoms with van der Waals surface area (Å²) in [6.07, 6.45) is 7.67. The van der Waals surface area contributed by atoms with Gasteiger partial charge in [0.05, 0.1) is 19.4 Å². The fourth-order valence-corrected chi connectivity index (χ4v) is 2.62. The summed E-state index contributed by atoms with van der Waals surface area (Å²) in [6, 6.07) is 2.21. The van der Waals surface area contributed by atoms with Gasteiger partial charge in [0.15, 0.2) is 0 Å². The number of hydrogen-bond donors (Lipinski definition) is 1. The predicted molar refractivity (Wildman–Crippen MR) is 62.5 cm³/mol. The summed E-state index contributed by atoms with van der Waals surface area (Å²) < 4.78 is 5.14. The number of aliphatic hydroxyl groups excluding tert-OH is 1. The van der Waals surface area contributed by atoms with Gasteiger partial charge in [-0.05, 0) is 43.1 Å². The number of methoxy groups -OCH3 is 1. The molecule has 0 aromatic heterocycles. The Balaban J connectivity index is 2.67. The van der Waals surface area contributed by atoms with Crippen molar-refractivity contribution in [2.24, 2.45) is 11.8 Å². The van der Waals surface area contributed by atoms with E-state index in [4.69, 9.17) is 15.1 Å². The van der Waals surface area contributed by atoms with Crippen LogP contribution < -0.4 is 0 Å². The molecule has 1 rings (SSSR count). The van der Waals surface area contributed by atoms with Crippen LogP contribution in [-0.4, -0.2) is 18.8 Å². The molecule has 16 heavy (non-hydrogen) atoms. The van der Waals surface area contributed by atoms with E-state index < -0.39 is 0 Å². The van der Waals surface area contributed by atoms with Crippen LogP contribution in [-0.2, 0) is 4.74 Å². The third-order valence-electron chi connectivity index (χ3n) is 3.38. The lowest BCUT2D eigenvalue weighted by atomic mass is 9.74. The van der Waals surface area contributed by atoms with Crippen LogP contribution in [0.1, 0.15) is 38.5 Å². The Labute approximate surface area is 97.7 Å². The molecule has 1 N–H and O–H groups in total. The third-order valence-corrected chi connectivity index (χ3v) is 3.38. The van der Waals surface area contributed by atoms with Gasteiger partial charge in [0.2, 0.25) is 0 Å². The highest BCUT2D eigenvalue weighted by atomic mass is 16.5. The van der Waals surface area contributed by atoms with Crippen molar-refractivity contribution in [3.63, 3.8) is 0 Å². The maximum Gasteiger partial charge on any atom is 0.0822 e. The van der Waals surface area contributed by atoms with Gasteiger partial charge in [0.25, 0.3) is 0 Å². The highest BCUT2D eigenvalue weighted by Crippen LogP contribution is 2.38. The molecular formula is C13H21NO2. The van der Waals surface area contributed by atoms with Gasteiger partial charge in [-0.25, -0.2) is 0 Å². The van der Waals surface area contributed by atoms with E-state index in [1.807, 2.05) is 6.26 Å². The van der Waals surface area contributed by atoms with Crippen LogP contribution in [0.4, 0.5) is 0 Å². The monoisotopic (exact) mass is 223 g/mol. The molecule has 1 aliphatic carbocycles. The van der Waals surface area contributed by atoms with Gasteiger partial charge in [-0.2, -0.15) is 5.26 Å². The summed E-state index contributed by atoms with van der Waals surface area (Å²) in [6.45, 7) is 0.233. The molecule has 1 saturated carbocycles. The molecule has 0 aromatic carbocycles. The highest BCUT2D eigenvalue weighted by molar-refractivity contribution is 5.11. The minimum atomic E-state index is 0.233. The number of ether oxygens (including phenoxy) is 1. The van der Waals surface area contributed by atoms with Crippen molar-refractivity contribution >= 4 is 0 Å². The van der Waals surface area contributed by atoms with E-state index >= 15 is 0 Å². The zero-order chi connectivity index (χ0) is 11.8. The minimum Gasteiger partial charge on any atom is -0.504 e. The lowest BCUT2D eigenvalue weighted by molar-refractivity contribution is 0.231. The second-order valence-electron chi connectivity index (χ2n) is 4.39. The summed E-state index contributed by atoms with van der Waals surface area (Å²) in [5.41, 5.74) is 1.30. The highest BCUT2D eigenvalue weighted by Gasteiger charge is 2.27. The second kappa shape index (κ2) is 7.29. The van der Waals surface area contributed by atoms with Gasteiger partial charge >= 0.3 is 0 Å². The molecular weight excluding hydrogens is 202 g/mol. The SMILES string of the molecule is CO/C=C1/[C@H](CCO)CCC[C@@H]1CCC#N. The molecule has 3 heteroatoms. The van der Waals surface area contributed by atoms with Gasteiger partial charge in [0, 0.05) is 13.0 Å². The molecule has 0 heterocycles. The molecule has 0 amide bonds. The lowest BCUT2D eigenvalue weighted by Gasteiger charge is -2.31. The summed E-state index contributed by atoms with van der Waals surface area (Å²) >= 11 is 0. The lowest BCUT2D eigenvalue weighted by Crippen LogP contribution is -2.20. The molecule has 0 bridgehead atoms. The molecule has 0 radical (unpaired) electrons. The minimum absolute atomic E-state index is 0.233. The number of nitriles is 1. The Bertz CT molecular complexity index is 266. The average Bonchev–Trinajstić information content (AvgIpc) is 2.30. The Morgan fingerprint density at radius 1 is 1.44 bits per heavy atom. The smallest absolute Gasteiger partial charge is 0.0822 e. The Morgan fingerprint density at radius 2 is 2.12 bits per heavy atom. The van der Waals surface area contributed by atoms with E-state index in [1.165, 1.54) is 12.0 Å². The van der Waals surface area contributed by atoms with Crippen LogP contribution in [0.2, 0.25) is 0 Å². The first kappa shape index (κ1) is 13.1. The maximum atomic E-state index is 9.05. The number of aliphatic hydroxyl groups is 1. The third kappa shape index (κ3) is 3.53. The van der Waals surface area contributed by atoms with Gasteiger partial charge in [-0.3, -0.25) is 0 Å². The van der Waals surface area contributed by atoms with E-state index in [0.29, 0.717) is 18.3 Å². The molecule has 2 atom stereocenters. The van der Waals surface area contributed by atoms with Crippen LogP contribution in [0.25, 0.3) is 0 Å². The molecule has 0 unspecified atom stereocenters. The molecule has 0 saturated heterocycles. The fourth-order valence-electron chi connectivity index (χ4n) is 2.62. The molecule has 0 aromatic rings. The summed E-state index contributed by atoms with van der Waals surface area (Å²) in [7, 11) is 1.67. The van der Waals surface area contributed by atoms with Crippen LogP contribution in [0.3, 0.4) is 0 Å². The van der Waals surface area contributed by atoms with Gasteiger partial charge < -0.3 is 9.84 Å². The molecule has 90 valence electrons. The van der Waals surface area contributed by atoms with Crippen LogP contribution in [0.5, 0.6) is 0 Å².